The van der Waals surface area contributed by atoms with Crippen LogP contribution in [0.2, 0.25) is 0 Å². The van der Waals surface area contributed by atoms with E-state index in [0.29, 0.717) is 19.3 Å². The number of hydrogen-bond acceptors (Lipinski definition) is 6. The second-order valence-corrected chi connectivity index (χ2v) is 16.7. The summed E-state index contributed by atoms with van der Waals surface area (Å²) in [4.78, 5) is 37.9. The van der Waals surface area contributed by atoms with Crippen LogP contribution < -0.4 is 0 Å². The highest BCUT2D eigenvalue weighted by molar-refractivity contribution is 5.71. The van der Waals surface area contributed by atoms with Crippen LogP contribution in [0.3, 0.4) is 0 Å². The average molecular weight is 851 g/mol. The van der Waals surface area contributed by atoms with Crippen LogP contribution >= 0.6 is 0 Å². The van der Waals surface area contributed by atoms with Crippen molar-refractivity contribution >= 4 is 17.9 Å². The minimum absolute atomic E-state index is 0.0903. The van der Waals surface area contributed by atoms with E-state index < -0.39 is 6.10 Å². The first-order chi connectivity index (χ1) is 30.0. The lowest BCUT2D eigenvalue weighted by molar-refractivity contribution is -0.167. The molecule has 0 aromatic carbocycles. The van der Waals surface area contributed by atoms with Gasteiger partial charge in [-0.2, -0.15) is 0 Å². The largest absolute Gasteiger partial charge is 0.462 e. The molecule has 0 rings (SSSR count). The fraction of sp³-hybridized carbons (Fsp3) is 0.727. The Morgan fingerprint density at radius 2 is 0.623 bits per heavy atom. The highest BCUT2D eigenvalue weighted by atomic mass is 16.6. The molecule has 0 spiro atoms. The first-order valence-electron chi connectivity index (χ1n) is 25.4. The molecule has 0 aromatic rings. The molecule has 0 aliphatic carbocycles. The fourth-order valence-electron chi connectivity index (χ4n) is 6.78. The van der Waals surface area contributed by atoms with Gasteiger partial charge >= 0.3 is 17.9 Å². The standard InChI is InChI=1S/C55H94O6/c1-4-7-10-13-16-19-22-25-26-27-28-31-33-36-39-42-45-48-54(57)60-51-52(61-55(58)49-46-43-40-37-34-30-24-21-18-15-12-9-6-3)50-59-53(56)47-44-41-38-35-32-29-23-20-17-14-11-8-5-2/h11-12,14-16,19-21,23-26,52H,4-10,13,17-18,22,27-51H2,1-3H3/b14-11-,15-12-,19-16-,23-20-,24-21-,26-25-. The molecule has 0 amide bonds. The number of unbranched alkanes of at least 4 members (excludes halogenated alkanes) is 22. The highest BCUT2D eigenvalue weighted by Crippen LogP contribution is 2.14. The highest BCUT2D eigenvalue weighted by Gasteiger charge is 2.19. The predicted molar refractivity (Wildman–Crippen MR) is 261 cm³/mol. The molecule has 0 heterocycles. The van der Waals surface area contributed by atoms with Crippen molar-refractivity contribution in [1.82, 2.24) is 0 Å². The van der Waals surface area contributed by atoms with Gasteiger partial charge in [0.05, 0.1) is 0 Å². The van der Waals surface area contributed by atoms with Crippen molar-refractivity contribution in [2.24, 2.45) is 0 Å². The van der Waals surface area contributed by atoms with Crippen molar-refractivity contribution in [1.29, 1.82) is 0 Å². The van der Waals surface area contributed by atoms with Crippen LogP contribution in [0, 0.1) is 0 Å². The van der Waals surface area contributed by atoms with Crippen LogP contribution in [-0.2, 0) is 28.6 Å². The Balaban J connectivity index is 4.42. The van der Waals surface area contributed by atoms with Gasteiger partial charge in [0, 0.05) is 19.3 Å². The Kier molecular flexibility index (Phi) is 46.9. The molecule has 1 unspecified atom stereocenters. The van der Waals surface area contributed by atoms with Crippen molar-refractivity contribution in [2.45, 2.75) is 245 Å². The minimum Gasteiger partial charge on any atom is -0.462 e. The van der Waals surface area contributed by atoms with Gasteiger partial charge in [0.1, 0.15) is 13.2 Å². The number of ether oxygens (including phenoxy) is 3. The molecule has 0 aliphatic heterocycles. The maximum atomic E-state index is 12.8. The molecule has 0 aromatic heterocycles. The zero-order chi connectivity index (χ0) is 44.4. The van der Waals surface area contributed by atoms with Crippen LogP contribution in [0.4, 0.5) is 0 Å². The van der Waals surface area contributed by atoms with Crippen molar-refractivity contribution in [3.05, 3.63) is 72.9 Å². The fourth-order valence-corrected chi connectivity index (χ4v) is 6.78. The first-order valence-corrected chi connectivity index (χ1v) is 25.4. The molecule has 350 valence electrons. The SMILES string of the molecule is CCC/C=C\C/C=C\CCCCCCCC(=O)OCC(COC(=O)CCCCCCCCC/C=C\C/C=C\CCCCC)OC(=O)CCCCCCC/C=C\C/C=C\CCC. The van der Waals surface area contributed by atoms with E-state index in [1.807, 2.05) is 0 Å². The Morgan fingerprint density at radius 3 is 0.967 bits per heavy atom. The molecular weight excluding hydrogens is 757 g/mol. The lowest BCUT2D eigenvalue weighted by Gasteiger charge is -2.18. The summed E-state index contributed by atoms with van der Waals surface area (Å²) in [7, 11) is 0. The summed E-state index contributed by atoms with van der Waals surface area (Å²) in [6.07, 6.45) is 61.6. The summed E-state index contributed by atoms with van der Waals surface area (Å²) in [5.74, 6) is -0.927. The Morgan fingerprint density at radius 1 is 0.328 bits per heavy atom. The molecule has 6 heteroatoms. The molecule has 0 radical (unpaired) electrons. The lowest BCUT2D eigenvalue weighted by atomic mass is 10.1. The van der Waals surface area contributed by atoms with Crippen molar-refractivity contribution < 1.29 is 28.6 Å². The molecule has 61 heavy (non-hydrogen) atoms. The quantitative estimate of drug-likeness (QED) is 0.0263. The number of carbonyl (C=O) groups is 3. The van der Waals surface area contributed by atoms with E-state index >= 15 is 0 Å². The average Bonchev–Trinajstić information content (AvgIpc) is 3.26. The van der Waals surface area contributed by atoms with Gasteiger partial charge in [-0.25, -0.2) is 0 Å². The van der Waals surface area contributed by atoms with E-state index in [0.717, 1.165) is 135 Å². The lowest BCUT2D eigenvalue weighted by Crippen LogP contribution is -2.30. The number of esters is 3. The van der Waals surface area contributed by atoms with E-state index in [9.17, 15) is 14.4 Å². The number of carbonyl (C=O) groups excluding carboxylic acids is 3. The smallest absolute Gasteiger partial charge is 0.306 e. The summed E-state index contributed by atoms with van der Waals surface area (Å²) >= 11 is 0. The molecule has 0 saturated heterocycles. The summed E-state index contributed by atoms with van der Waals surface area (Å²) in [6, 6.07) is 0. The van der Waals surface area contributed by atoms with Gasteiger partial charge in [-0.05, 0) is 103 Å². The summed E-state index contributed by atoms with van der Waals surface area (Å²) in [5, 5.41) is 0. The normalized spacial score (nSPS) is 12.6. The minimum atomic E-state index is -0.791. The topological polar surface area (TPSA) is 78.9 Å². The maximum Gasteiger partial charge on any atom is 0.306 e. The van der Waals surface area contributed by atoms with Gasteiger partial charge in [0.25, 0.3) is 0 Å². The first kappa shape index (κ1) is 57.9. The van der Waals surface area contributed by atoms with Gasteiger partial charge in [0.15, 0.2) is 6.10 Å². The monoisotopic (exact) mass is 851 g/mol. The molecular formula is C55H94O6. The third kappa shape index (κ3) is 47.7. The third-order valence-electron chi connectivity index (χ3n) is 10.6. The van der Waals surface area contributed by atoms with Gasteiger partial charge in [-0.3, -0.25) is 14.4 Å². The molecule has 0 fully saturated rings. The number of rotatable bonds is 45. The van der Waals surface area contributed by atoms with Crippen LogP contribution in [-0.4, -0.2) is 37.2 Å². The van der Waals surface area contributed by atoms with Crippen molar-refractivity contribution in [3.63, 3.8) is 0 Å². The van der Waals surface area contributed by atoms with Gasteiger partial charge in [-0.15, -0.1) is 0 Å². The van der Waals surface area contributed by atoms with E-state index in [4.69, 9.17) is 14.2 Å². The zero-order valence-electron chi connectivity index (χ0n) is 39.9. The van der Waals surface area contributed by atoms with E-state index in [-0.39, 0.29) is 31.1 Å². The summed E-state index contributed by atoms with van der Waals surface area (Å²) < 4.78 is 16.8. The van der Waals surface area contributed by atoms with Crippen molar-refractivity contribution in [2.75, 3.05) is 13.2 Å². The molecule has 6 nitrogen and oxygen atoms in total. The second kappa shape index (κ2) is 49.5. The van der Waals surface area contributed by atoms with Gasteiger partial charge < -0.3 is 14.2 Å². The van der Waals surface area contributed by atoms with Crippen LogP contribution in [0.1, 0.15) is 239 Å². The Labute approximate surface area is 376 Å². The van der Waals surface area contributed by atoms with Gasteiger partial charge in [-0.1, -0.05) is 190 Å². The van der Waals surface area contributed by atoms with Crippen LogP contribution in [0.25, 0.3) is 0 Å². The predicted octanol–water partition coefficient (Wildman–Crippen LogP) is 16.6. The van der Waals surface area contributed by atoms with E-state index in [1.165, 1.54) is 64.2 Å². The molecule has 0 aliphatic rings. The van der Waals surface area contributed by atoms with Crippen molar-refractivity contribution in [3.8, 4) is 0 Å². The third-order valence-corrected chi connectivity index (χ3v) is 10.6. The maximum absolute atomic E-state index is 12.8. The van der Waals surface area contributed by atoms with Gasteiger partial charge in [0.2, 0.25) is 0 Å². The zero-order valence-corrected chi connectivity index (χ0v) is 39.9. The van der Waals surface area contributed by atoms with Crippen LogP contribution in [0.15, 0.2) is 72.9 Å². The van der Waals surface area contributed by atoms with E-state index in [1.54, 1.807) is 0 Å². The molecule has 1 atom stereocenters. The molecule has 0 bridgehead atoms. The summed E-state index contributed by atoms with van der Waals surface area (Å²) in [6.45, 7) is 6.45. The second-order valence-electron chi connectivity index (χ2n) is 16.7. The number of allylic oxidation sites excluding steroid dienone is 12. The Bertz CT molecular complexity index is 1160. The molecule has 0 saturated carbocycles. The Hall–Kier alpha value is -3.15. The van der Waals surface area contributed by atoms with E-state index in [2.05, 4.69) is 93.7 Å². The van der Waals surface area contributed by atoms with Crippen LogP contribution in [0.5, 0.6) is 0 Å². The summed E-state index contributed by atoms with van der Waals surface area (Å²) in [5.41, 5.74) is 0. The molecule has 0 N–H and O–H groups in total. The number of hydrogen-bond donors (Lipinski definition) is 0.